The number of hydrogen-bond acceptors (Lipinski definition) is 5. The van der Waals surface area contributed by atoms with Crippen molar-refractivity contribution < 1.29 is 0 Å². The number of nitrogens with two attached hydrogens (primary N) is 1. The fraction of sp³-hybridized carbons (Fsp3) is 0. The van der Waals surface area contributed by atoms with Crippen LogP contribution in [0.15, 0.2) is 47.3 Å². The van der Waals surface area contributed by atoms with E-state index in [0.29, 0.717) is 22.5 Å². The van der Waals surface area contributed by atoms with E-state index in [9.17, 15) is 4.79 Å². The molecule has 7 heteroatoms. The maximum absolute atomic E-state index is 12.2. The second-order valence-corrected chi connectivity index (χ2v) is 4.66. The minimum atomic E-state index is -0.262. The highest BCUT2D eigenvalue weighted by Crippen LogP contribution is 2.15. The van der Waals surface area contributed by atoms with Crippen LogP contribution in [0.1, 0.15) is 0 Å². The summed E-state index contributed by atoms with van der Waals surface area (Å²) in [6.45, 7) is 0. The van der Waals surface area contributed by atoms with Crippen molar-refractivity contribution in [3.63, 3.8) is 0 Å². The minimum absolute atomic E-state index is 0.262. The van der Waals surface area contributed by atoms with Crippen molar-refractivity contribution in [3.8, 4) is 5.95 Å². The van der Waals surface area contributed by atoms with Gasteiger partial charge in [-0.05, 0) is 30.3 Å². The van der Waals surface area contributed by atoms with Crippen LogP contribution in [0, 0.1) is 0 Å². The predicted molar refractivity (Wildman–Crippen MR) is 79.2 cm³/mol. The van der Waals surface area contributed by atoms with E-state index in [1.807, 2.05) is 24.3 Å². The number of aromatic amines is 1. The number of rotatable bonds is 1. The van der Waals surface area contributed by atoms with E-state index in [4.69, 9.17) is 5.73 Å². The first kappa shape index (κ1) is 11.6. The van der Waals surface area contributed by atoms with Crippen LogP contribution >= 0.6 is 0 Å². The third-order valence-electron chi connectivity index (χ3n) is 3.27. The average molecular weight is 278 g/mol. The molecule has 0 aliphatic heterocycles. The first-order chi connectivity index (χ1) is 10.2. The Balaban J connectivity index is 2.03. The molecule has 0 radical (unpaired) electrons. The molecule has 0 unspecified atom stereocenters. The van der Waals surface area contributed by atoms with E-state index < -0.39 is 0 Å². The van der Waals surface area contributed by atoms with Gasteiger partial charge in [0, 0.05) is 5.69 Å². The molecule has 0 saturated carbocycles. The van der Waals surface area contributed by atoms with Crippen molar-refractivity contribution >= 4 is 27.6 Å². The van der Waals surface area contributed by atoms with Crippen LogP contribution < -0.4 is 11.3 Å². The van der Waals surface area contributed by atoms with Gasteiger partial charge in [0.15, 0.2) is 0 Å². The van der Waals surface area contributed by atoms with Gasteiger partial charge >= 0.3 is 0 Å². The number of H-pyrrole nitrogens is 1. The van der Waals surface area contributed by atoms with Crippen molar-refractivity contribution in [2.24, 2.45) is 0 Å². The molecule has 0 spiro atoms. The molecule has 4 aromatic rings. The zero-order chi connectivity index (χ0) is 14.4. The monoisotopic (exact) mass is 278 g/mol. The van der Waals surface area contributed by atoms with Gasteiger partial charge in [0.05, 0.1) is 16.4 Å². The molecule has 3 N–H and O–H groups in total. The third-order valence-corrected chi connectivity index (χ3v) is 3.27. The summed E-state index contributed by atoms with van der Waals surface area (Å²) in [6.07, 6.45) is 0. The summed E-state index contributed by atoms with van der Waals surface area (Å²) in [5.74, 6) is 0.325. The summed E-state index contributed by atoms with van der Waals surface area (Å²) < 4.78 is 1.51. The topological polar surface area (TPSA) is 102 Å². The molecule has 2 heterocycles. The van der Waals surface area contributed by atoms with E-state index in [-0.39, 0.29) is 5.56 Å². The maximum atomic E-state index is 12.2. The maximum Gasteiger partial charge on any atom is 0.260 e. The van der Waals surface area contributed by atoms with Crippen LogP contribution in [0.2, 0.25) is 0 Å². The molecule has 0 atom stereocenters. The Morgan fingerprint density at radius 2 is 1.95 bits per heavy atom. The first-order valence-corrected chi connectivity index (χ1v) is 6.33. The van der Waals surface area contributed by atoms with Crippen LogP contribution in [-0.4, -0.2) is 25.0 Å². The van der Waals surface area contributed by atoms with E-state index in [1.54, 1.807) is 18.2 Å². The molecule has 102 valence electrons. The van der Waals surface area contributed by atoms with E-state index in [1.165, 1.54) is 4.68 Å². The summed E-state index contributed by atoms with van der Waals surface area (Å²) in [7, 11) is 0. The van der Waals surface area contributed by atoms with Crippen LogP contribution in [0.5, 0.6) is 0 Å². The van der Waals surface area contributed by atoms with E-state index in [0.717, 1.165) is 11.0 Å². The number of nitrogen functional groups attached to an aromatic ring is 1. The standard InChI is InChI=1S/C14H10N6O/c15-8-5-6-10-9(7-8)13(21)17-14(16-10)20-12-4-2-1-3-11(12)18-19-20/h1-7H,15H2,(H,16,17,21). The number of hydrogen-bond donors (Lipinski definition) is 2. The molecule has 2 aromatic heterocycles. The first-order valence-electron chi connectivity index (χ1n) is 6.33. The Morgan fingerprint density at radius 3 is 2.86 bits per heavy atom. The van der Waals surface area contributed by atoms with Gasteiger partial charge in [0.1, 0.15) is 5.52 Å². The Hall–Kier alpha value is -3.22. The van der Waals surface area contributed by atoms with Crippen molar-refractivity contribution in [1.82, 2.24) is 25.0 Å². The van der Waals surface area contributed by atoms with Gasteiger partial charge in [-0.2, -0.15) is 4.68 Å². The number of nitrogens with zero attached hydrogens (tertiary/aromatic N) is 4. The van der Waals surface area contributed by atoms with Gasteiger partial charge in [0.2, 0.25) is 5.95 Å². The second-order valence-electron chi connectivity index (χ2n) is 4.66. The highest BCUT2D eigenvalue weighted by Gasteiger charge is 2.10. The lowest BCUT2D eigenvalue weighted by Crippen LogP contribution is -2.14. The minimum Gasteiger partial charge on any atom is -0.399 e. The molecule has 0 aliphatic carbocycles. The fourth-order valence-electron chi connectivity index (χ4n) is 2.27. The number of anilines is 1. The Labute approximate surface area is 118 Å². The quantitative estimate of drug-likeness (QED) is 0.510. The normalized spacial score (nSPS) is 11.2. The molecule has 0 amide bonds. The number of para-hydroxylation sites is 1. The molecule has 2 aromatic carbocycles. The lowest BCUT2D eigenvalue weighted by Gasteiger charge is -2.03. The number of aromatic nitrogens is 5. The lowest BCUT2D eigenvalue weighted by atomic mass is 10.2. The average Bonchev–Trinajstić information content (AvgIpc) is 2.92. The number of fused-ring (bicyclic) bond motifs is 2. The largest absolute Gasteiger partial charge is 0.399 e. The van der Waals surface area contributed by atoms with Gasteiger partial charge in [-0.15, -0.1) is 5.10 Å². The summed E-state index contributed by atoms with van der Waals surface area (Å²) in [5.41, 5.74) is 8.02. The van der Waals surface area contributed by atoms with Crippen molar-refractivity contribution in [1.29, 1.82) is 0 Å². The van der Waals surface area contributed by atoms with E-state index in [2.05, 4.69) is 20.3 Å². The summed E-state index contributed by atoms with van der Waals surface area (Å²) in [6, 6.07) is 12.5. The Bertz CT molecular complexity index is 1030. The molecular weight excluding hydrogens is 268 g/mol. The molecule has 0 saturated heterocycles. The molecular formula is C14H10N6O. The van der Waals surface area contributed by atoms with Gasteiger partial charge in [-0.1, -0.05) is 17.3 Å². The predicted octanol–water partition coefficient (Wildman–Crippen LogP) is 1.24. The van der Waals surface area contributed by atoms with Crippen LogP contribution in [0.4, 0.5) is 5.69 Å². The van der Waals surface area contributed by atoms with Gasteiger partial charge in [-0.25, -0.2) is 4.98 Å². The van der Waals surface area contributed by atoms with Gasteiger partial charge in [0.25, 0.3) is 5.56 Å². The van der Waals surface area contributed by atoms with Crippen molar-refractivity contribution in [3.05, 3.63) is 52.8 Å². The smallest absolute Gasteiger partial charge is 0.260 e. The van der Waals surface area contributed by atoms with Crippen LogP contribution in [0.3, 0.4) is 0 Å². The van der Waals surface area contributed by atoms with Gasteiger partial charge < -0.3 is 5.73 Å². The zero-order valence-electron chi connectivity index (χ0n) is 10.8. The van der Waals surface area contributed by atoms with E-state index >= 15 is 0 Å². The molecule has 0 fully saturated rings. The van der Waals surface area contributed by atoms with Crippen LogP contribution in [-0.2, 0) is 0 Å². The molecule has 21 heavy (non-hydrogen) atoms. The SMILES string of the molecule is Nc1ccc2nc(-n3nnc4ccccc43)[nH]c(=O)c2c1. The molecule has 7 nitrogen and oxygen atoms in total. The Morgan fingerprint density at radius 1 is 1.10 bits per heavy atom. The van der Waals surface area contributed by atoms with Crippen molar-refractivity contribution in [2.45, 2.75) is 0 Å². The third kappa shape index (κ3) is 1.75. The summed E-state index contributed by atoms with van der Waals surface area (Å²) >= 11 is 0. The number of benzene rings is 2. The summed E-state index contributed by atoms with van der Waals surface area (Å²) in [5, 5.41) is 8.54. The highest BCUT2D eigenvalue weighted by molar-refractivity contribution is 5.82. The van der Waals surface area contributed by atoms with Crippen LogP contribution in [0.25, 0.3) is 27.9 Å². The number of nitrogens with one attached hydrogen (secondary N) is 1. The second kappa shape index (κ2) is 4.14. The molecule has 0 bridgehead atoms. The highest BCUT2D eigenvalue weighted by atomic mass is 16.1. The zero-order valence-corrected chi connectivity index (χ0v) is 10.8. The Kier molecular flexibility index (Phi) is 2.28. The molecule has 4 rings (SSSR count). The van der Waals surface area contributed by atoms with Gasteiger partial charge in [-0.3, -0.25) is 9.78 Å². The summed E-state index contributed by atoms with van der Waals surface area (Å²) in [4.78, 5) is 19.3. The lowest BCUT2D eigenvalue weighted by molar-refractivity contribution is 0.775. The molecule has 0 aliphatic rings. The fourth-order valence-corrected chi connectivity index (χ4v) is 2.27. The van der Waals surface area contributed by atoms with Crippen molar-refractivity contribution in [2.75, 3.05) is 5.73 Å².